The Morgan fingerprint density at radius 1 is 1.12 bits per heavy atom. The highest BCUT2D eigenvalue weighted by Crippen LogP contribution is 2.18. The molecule has 3 aromatic rings. The van der Waals surface area contributed by atoms with Crippen molar-refractivity contribution in [3.8, 4) is 5.75 Å². The van der Waals surface area contributed by atoms with Crippen LogP contribution in [0.25, 0.3) is 0 Å². The number of aromatic amines is 1. The fourth-order valence-electron chi connectivity index (χ4n) is 1.99. The Kier molecular flexibility index (Phi) is 5.02. The van der Waals surface area contributed by atoms with Gasteiger partial charge in [-0.05, 0) is 42.0 Å². The SMILES string of the molecule is O=C(Cc1nn[nH]n1)Nc1ccc(OCc2ccc(Cl)cc2)cc1. The number of anilines is 1. The van der Waals surface area contributed by atoms with Crippen molar-refractivity contribution in [3.05, 3.63) is 64.9 Å². The maximum atomic E-state index is 11.8. The summed E-state index contributed by atoms with van der Waals surface area (Å²) in [4.78, 5) is 11.8. The van der Waals surface area contributed by atoms with Crippen LogP contribution >= 0.6 is 11.6 Å². The molecule has 2 aromatic carbocycles. The number of H-pyrrole nitrogens is 1. The quantitative estimate of drug-likeness (QED) is 0.717. The number of amides is 1. The van der Waals surface area contributed by atoms with Crippen LogP contribution in [-0.4, -0.2) is 26.5 Å². The normalized spacial score (nSPS) is 10.4. The molecule has 2 N–H and O–H groups in total. The summed E-state index contributed by atoms with van der Waals surface area (Å²) in [6, 6.07) is 14.6. The van der Waals surface area contributed by atoms with Crippen LogP contribution in [0.3, 0.4) is 0 Å². The highest BCUT2D eigenvalue weighted by Gasteiger charge is 2.07. The van der Waals surface area contributed by atoms with Gasteiger partial charge in [-0.25, -0.2) is 0 Å². The van der Waals surface area contributed by atoms with E-state index < -0.39 is 0 Å². The number of aromatic nitrogens is 4. The van der Waals surface area contributed by atoms with Crippen molar-refractivity contribution in [2.24, 2.45) is 0 Å². The molecule has 0 saturated heterocycles. The van der Waals surface area contributed by atoms with E-state index in [9.17, 15) is 4.79 Å². The maximum absolute atomic E-state index is 11.8. The van der Waals surface area contributed by atoms with Crippen molar-refractivity contribution in [2.75, 3.05) is 5.32 Å². The predicted octanol–water partition coefficient (Wildman–Crippen LogP) is 2.61. The number of halogens is 1. The molecule has 0 aliphatic heterocycles. The molecule has 3 rings (SSSR count). The summed E-state index contributed by atoms with van der Waals surface area (Å²) >= 11 is 5.84. The Morgan fingerprint density at radius 3 is 2.54 bits per heavy atom. The molecule has 0 aliphatic rings. The average Bonchev–Trinajstić information content (AvgIpc) is 3.08. The molecule has 122 valence electrons. The molecule has 7 nitrogen and oxygen atoms in total. The topological polar surface area (TPSA) is 92.8 Å². The van der Waals surface area contributed by atoms with Crippen LogP contribution in [0.15, 0.2) is 48.5 Å². The summed E-state index contributed by atoms with van der Waals surface area (Å²) in [5.74, 6) is 0.836. The van der Waals surface area contributed by atoms with Gasteiger partial charge in [0.1, 0.15) is 12.4 Å². The van der Waals surface area contributed by atoms with Gasteiger partial charge in [-0.15, -0.1) is 10.2 Å². The van der Waals surface area contributed by atoms with E-state index in [4.69, 9.17) is 16.3 Å². The molecule has 0 saturated carbocycles. The van der Waals surface area contributed by atoms with E-state index in [-0.39, 0.29) is 12.3 Å². The van der Waals surface area contributed by atoms with E-state index in [0.717, 1.165) is 5.56 Å². The third-order valence-corrected chi connectivity index (χ3v) is 3.42. The maximum Gasteiger partial charge on any atom is 0.232 e. The molecule has 0 fully saturated rings. The van der Waals surface area contributed by atoms with Crippen molar-refractivity contribution < 1.29 is 9.53 Å². The number of benzene rings is 2. The molecule has 1 aromatic heterocycles. The molecular weight excluding hydrogens is 330 g/mol. The van der Waals surface area contributed by atoms with Crippen molar-refractivity contribution in [1.29, 1.82) is 0 Å². The van der Waals surface area contributed by atoms with Crippen LogP contribution in [0, 0.1) is 0 Å². The van der Waals surface area contributed by atoms with Gasteiger partial charge in [-0.1, -0.05) is 28.9 Å². The Hall–Kier alpha value is -2.93. The number of hydrogen-bond donors (Lipinski definition) is 2. The van der Waals surface area contributed by atoms with Crippen LogP contribution < -0.4 is 10.1 Å². The van der Waals surface area contributed by atoms with E-state index in [2.05, 4.69) is 25.9 Å². The standard InChI is InChI=1S/C16H14ClN5O2/c17-12-3-1-11(2-4-12)10-24-14-7-5-13(6-8-14)18-16(23)9-15-19-21-22-20-15/h1-8H,9-10H2,(H,18,23)(H,19,20,21,22). The smallest absolute Gasteiger partial charge is 0.232 e. The molecule has 0 aliphatic carbocycles. The van der Waals surface area contributed by atoms with Gasteiger partial charge < -0.3 is 10.1 Å². The van der Waals surface area contributed by atoms with E-state index in [0.29, 0.717) is 28.9 Å². The minimum absolute atomic E-state index is 0.0608. The number of nitrogens with zero attached hydrogens (tertiary/aromatic N) is 3. The summed E-state index contributed by atoms with van der Waals surface area (Å²) < 4.78 is 5.69. The van der Waals surface area contributed by atoms with E-state index in [1.807, 2.05) is 24.3 Å². The molecule has 24 heavy (non-hydrogen) atoms. The van der Waals surface area contributed by atoms with Crippen molar-refractivity contribution >= 4 is 23.2 Å². The molecule has 1 amide bonds. The summed E-state index contributed by atoms with van der Waals surface area (Å²) in [6.07, 6.45) is 0.0608. The predicted molar refractivity (Wildman–Crippen MR) is 88.7 cm³/mol. The number of carbonyl (C=O) groups excluding carboxylic acids is 1. The lowest BCUT2D eigenvalue weighted by Gasteiger charge is -2.08. The lowest BCUT2D eigenvalue weighted by molar-refractivity contribution is -0.115. The first-order chi connectivity index (χ1) is 11.7. The van der Waals surface area contributed by atoms with Gasteiger partial charge in [0.2, 0.25) is 5.91 Å². The number of rotatable bonds is 6. The van der Waals surface area contributed by atoms with Crippen molar-refractivity contribution in [1.82, 2.24) is 20.6 Å². The Morgan fingerprint density at radius 2 is 1.88 bits per heavy atom. The van der Waals surface area contributed by atoms with Gasteiger partial charge in [-0.2, -0.15) is 5.21 Å². The van der Waals surface area contributed by atoms with Crippen LogP contribution in [0.5, 0.6) is 5.75 Å². The molecule has 0 atom stereocenters. The average molecular weight is 344 g/mol. The Balaban J connectivity index is 1.51. The summed E-state index contributed by atoms with van der Waals surface area (Å²) in [5.41, 5.74) is 1.69. The molecular formula is C16H14ClN5O2. The second-order valence-electron chi connectivity index (χ2n) is 4.99. The zero-order valence-electron chi connectivity index (χ0n) is 12.6. The van der Waals surface area contributed by atoms with E-state index in [1.165, 1.54) is 0 Å². The Bertz CT molecular complexity index is 788. The third kappa shape index (κ3) is 4.53. The van der Waals surface area contributed by atoms with Crippen LogP contribution in [0.1, 0.15) is 11.4 Å². The lowest BCUT2D eigenvalue weighted by Crippen LogP contribution is -2.15. The zero-order valence-corrected chi connectivity index (χ0v) is 13.3. The number of hydrogen-bond acceptors (Lipinski definition) is 5. The van der Waals surface area contributed by atoms with Gasteiger partial charge in [0.05, 0.1) is 6.42 Å². The minimum atomic E-state index is -0.216. The lowest BCUT2D eigenvalue weighted by atomic mass is 10.2. The highest BCUT2D eigenvalue weighted by atomic mass is 35.5. The highest BCUT2D eigenvalue weighted by molar-refractivity contribution is 6.30. The van der Waals surface area contributed by atoms with Gasteiger partial charge in [-0.3, -0.25) is 4.79 Å². The zero-order chi connectivity index (χ0) is 16.8. The molecule has 0 unspecified atom stereocenters. The summed E-state index contributed by atoms with van der Waals surface area (Å²) in [6.45, 7) is 0.445. The number of nitrogens with one attached hydrogen (secondary N) is 2. The van der Waals surface area contributed by atoms with E-state index >= 15 is 0 Å². The first-order valence-corrected chi connectivity index (χ1v) is 7.56. The minimum Gasteiger partial charge on any atom is -0.489 e. The van der Waals surface area contributed by atoms with Crippen molar-refractivity contribution in [3.63, 3.8) is 0 Å². The Labute approximate surface area is 143 Å². The largest absolute Gasteiger partial charge is 0.489 e. The molecule has 8 heteroatoms. The second kappa shape index (κ2) is 7.56. The number of carbonyl (C=O) groups is 1. The first kappa shape index (κ1) is 15.9. The fourth-order valence-corrected chi connectivity index (χ4v) is 2.11. The van der Waals surface area contributed by atoms with Crippen LogP contribution in [-0.2, 0) is 17.8 Å². The molecule has 0 bridgehead atoms. The molecule has 0 spiro atoms. The van der Waals surface area contributed by atoms with Gasteiger partial charge in [0.25, 0.3) is 0 Å². The van der Waals surface area contributed by atoms with E-state index in [1.54, 1.807) is 24.3 Å². The molecule has 1 heterocycles. The number of ether oxygens (including phenoxy) is 1. The third-order valence-electron chi connectivity index (χ3n) is 3.16. The van der Waals surface area contributed by atoms with Crippen LogP contribution in [0.4, 0.5) is 5.69 Å². The van der Waals surface area contributed by atoms with Crippen LogP contribution in [0.2, 0.25) is 5.02 Å². The van der Waals surface area contributed by atoms with Gasteiger partial charge >= 0.3 is 0 Å². The van der Waals surface area contributed by atoms with Crippen molar-refractivity contribution in [2.45, 2.75) is 13.0 Å². The summed E-state index contributed by atoms with van der Waals surface area (Å²) in [7, 11) is 0. The molecule has 0 radical (unpaired) electrons. The fraction of sp³-hybridized carbons (Fsp3) is 0.125. The van der Waals surface area contributed by atoms with Gasteiger partial charge in [0, 0.05) is 10.7 Å². The number of tetrazole rings is 1. The first-order valence-electron chi connectivity index (χ1n) is 7.18. The summed E-state index contributed by atoms with van der Waals surface area (Å²) in [5, 5.41) is 16.6. The second-order valence-corrected chi connectivity index (χ2v) is 5.43. The van der Waals surface area contributed by atoms with Gasteiger partial charge in [0.15, 0.2) is 5.82 Å². The monoisotopic (exact) mass is 343 g/mol.